The molecule has 0 aliphatic carbocycles. The van der Waals surface area contributed by atoms with E-state index in [1.807, 2.05) is 31.2 Å². The van der Waals surface area contributed by atoms with Crippen LogP contribution in [0.4, 0.5) is 23.1 Å². The first-order valence-corrected chi connectivity index (χ1v) is 10.1. The van der Waals surface area contributed by atoms with Gasteiger partial charge in [-0.15, -0.1) is 0 Å². The minimum absolute atomic E-state index is 0.0453. The molecule has 3 aromatic rings. The van der Waals surface area contributed by atoms with Gasteiger partial charge in [-0.2, -0.15) is 4.98 Å². The molecule has 31 heavy (non-hydrogen) atoms. The molecule has 0 fully saturated rings. The summed E-state index contributed by atoms with van der Waals surface area (Å²) in [7, 11) is 0. The molecule has 0 bridgehead atoms. The van der Waals surface area contributed by atoms with Gasteiger partial charge in [0, 0.05) is 17.8 Å². The quantitative estimate of drug-likeness (QED) is 0.468. The lowest BCUT2D eigenvalue weighted by molar-refractivity contribution is -0.123. The molecule has 0 saturated heterocycles. The second-order valence-electron chi connectivity index (χ2n) is 7.09. The number of halogens is 2. The number of aryl methyl sites for hydroxylation is 1. The fourth-order valence-corrected chi connectivity index (χ4v) is 3.53. The number of amides is 2. The highest BCUT2D eigenvalue weighted by Crippen LogP contribution is 2.31. The third-order valence-electron chi connectivity index (χ3n) is 4.77. The minimum atomic E-state index is -1.01. The van der Waals surface area contributed by atoms with E-state index in [9.17, 15) is 14.4 Å². The van der Waals surface area contributed by atoms with Crippen LogP contribution in [0.15, 0.2) is 47.3 Å². The van der Waals surface area contributed by atoms with Crippen LogP contribution >= 0.6 is 23.2 Å². The summed E-state index contributed by atoms with van der Waals surface area (Å²) in [4.78, 5) is 44.8. The Bertz CT molecular complexity index is 1240. The summed E-state index contributed by atoms with van der Waals surface area (Å²) in [6.07, 6.45) is -0.185. The third kappa shape index (κ3) is 4.55. The number of fused-ring (bicyclic) bond motifs is 1. The minimum Gasteiger partial charge on any atom is -0.326 e. The average Bonchev–Trinajstić information content (AvgIpc) is 2.71. The Hall–Kier alpha value is -3.36. The van der Waals surface area contributed by atoms with E-state index in [0.29, 0.717) is 16.4 Å². The van der Waals surface area contributed by atoms with Gasteiger partial charge >= 0.3 is 0 Å². The highest BCUT2D eigenvalue weighted by atomic mass is 35.5. The molecule has 10 heteroatoms. The molecule has 1 aromatic heterocycles. The first kappa shape index (κ1) is 20.9. The van der Waals surface area contributed by atoms with Gasteiger partial charge in [0.05, 0.1) is 21.5 Å². The van der Waals surface area contributed by atoms with E-state index in [1.165, 1.54) is 6.07 Å². The van der Waals surface area contributed by atoms with Crippen molar-refractivity contribution in [3.05, 3.63) is 74.0 Å². The molecule has 2 heterocycles. The molecular weight excluding hydrogens is 441 g/mol. The van der Waals surface area contributed by atoms with E-state index < -0.39 is 23.3 Å². The van der Waals surface area contributed by atoms with Gasteiger partial charge in [-0.05, 0) is 37.3 Å². The molecule has 1 atom stereocenters. The summed E-state index contributed by atoms with van der Waals surface area (Å²) in [6.45, 7) is 1.96. The Kier molecular flexibility index (Phi) is 5.67. The van der Waals surface area contributed by atoms with Crippen molar-refractivity contribution in [2.75, 3.05) is 16.0 Å². The Balaban J connectivity index is 1.63. The predicted molar refractivity (Wildman–Crippen MR) is 120 cm³/mol. The van der Waals surface area contributed by atoms with Crippen LogP contribution in [0.2, 0.25) is 10.0 Å². The summed E-state index contributed by atoms with van der Waals surface area (Å²) in [5.74, 6) is -1.76. The van der Waals surface area contributed by atoms with E-state index >= 15 is 0 Å². The number of nitrogens with one attached hydrogen (secondary N) is 4. The standard InChI is InChI=1S/C21H17Cl2N5O3/c1-10-2-4-11(5-3-10)25-21-27-18-17(20(31)28-21)13(9-16(29)26-18)19(30)24-12-6-7-14(22)15(23)8-12/h2-8,13H,9H2,1H3,(H,24,30)(H3,25,26,27,28,29,31). The second kappa shape index (κ2) is 8.41. The Morgan fingerprint density at radius 1 is 1.06 bits per heavy atom. The van der Waals surface area contributed by atoms with E-state index in [0.717, 1.165) is 5.56 Å². The average molecular weight is 458 g/mol. The number of hydrogen-bond donors (Lipinski definition) is 4. The zero-order valence-corrected chi connectivity index (χ0v) is 17.8. The van der Waals surface area contributed by atoms with E-state index in [1.54, 1.807) is 12.1 Å². The highest BCUT2D eigenvalue weighted by Gasteiger charge is 2.34. The molecule has 4 rings (SSSR count). The van der Waals surface area contributed by atoms with Crippen LogP contribution in [0.3, 0.4) is 0 Å². The second-order valence-corrected chi connectivity index (χ2v) is 7.91. The van der Waals surface area contributed by atoms with Crippen LogP contribution in [-0.2, 0) is 9.59 Å². The molecule has 4 N–H and O–H groups in total. The zero-order valence-electron chi connectivity index (χ0n) is 16.3. The summed E-state index contributed by atoms with van der Waals surface area (Å²) in [5.41, 5.74) is 1.76. The SMILES string of the molecule is Cc1ccc(Nc2nc3c(c(=O)[nH]2)C(C(=O)Nc2ccc(Cl)c(Cl)c2)CC(=O)N3)cc1. The summed E-state index contributed by atoms with van der Waals surface area (Å²) >= 11 is 11.9. The number of rotatable bonds is 4. The van der Waals surface area contributed by atoms with E-state index in [-0.39, 0.29) is 28.8 Å². The van der Waals surface area contributed by atoms with Crippen molar-refractivity contribution in [3.63, 3.8) is 0 Å². The lowest BCUT2D eigenvalue weighted by Gasteiger charge is -2.23. The number of hydrogen-bond acceptors (Lipinski definition) is 5. The first-order valence-electron chi connectivity index (χ1n) is 9.34. The van der Waals surface area contributed by atoms with Crippen LogP contribution < -0.4 is 21.5 Å². The van der Waals surface area contributed by atoms with E-state index in [2.05, 4.69) is 25.9 Å². The van der Waals surface area contributed by atoms with Crippen molar-refractivity contribution in [1.29, 1.82) is 0 Å². The molecular formula is C21H17Cl2N5O3. The molecule has 1 aliphatic rings. The maximum atomic E-state index is 12.9. The van der Waals surface area contributed by atoms with Gasteiger partial charge in [0.15, 0.2) is 0 Å². The molecule has 1 unspecified atom stereocenters. The molecule has 1 aliphatic heterocycles. The number of benzene rings is 2. The Morgan fingerprint density at radius 3 is 2.48 bits per heavy atom. The molecule has 2 aromatic carbocycles. The maximum absolute atomic E-state index is 12.9. The summed E-state index contributed by atoms with van der Waals surface area (Å²) in [5, 5.41) is 8.84. The van der Waals surface area contributed by atoms with Crippen LogP contribution in [-0.4, -0.2) is 21.8 Å². The fourth-order valence-electron chi connectivity index (χ4n) is 3.23. The smallest absolute Gasteiger partial charge is 0.258 e. The number of carbonyl (C=O) groups is 2. The molecule has 8 nitrogen and oxygen atoms in total. The monoisotopic (exact) mass is 457 g/mol. The summed E-state index contributed by atoms with van der Waals surface area (Å²) in [6, 6.07) is 12.1. The van der Waals surface area contributed by atoms with Crippen LogP contribution in [0.5, 0.6) is 0 Å². The third-order valence-corrected chi connectivity index (χ3v) is 5.51. The van der Waals surface area contributed by atoms with Crippen molar-refractivity contribution in [3.8, 4) is 0 Å². The molecule has 0 spiro atoms. The number of anilines is 4. The number of carbonyl (C=O) groups excluding carboxylic acids is 2. The van der Waals surface area contributed by atoms with Gasteiger partial charge in [-0.3, -0.25) is 19.4 Å². The number of aromatic amines is 1. The normalized spacial score (nSPS) is 15.1. The lowest BCUT2D eigenvalue weighted by atomic mass is 9.92. The molecule has 2 amide bonds. The topological polar surface area (TPSA) is 116 Å². The van der Waals surface area contributed by atoms with Crippen LogP contribution in [0, 0.1) is 6.92 Å². The lowest BCUT2D eigenvalue weighted by Crippen LogP contribution is -2.36. The molecule has 0 saturated carbocycles. The van der Waals surface area contributed by atoms with Gasteiger partial charge in [-0.25, -0.2) is 0 Å². The number of aromatic nitrogens is 2. The molecule has 0 radical (unpaired) electrons. The van der Waals surface area contributed by atoms with Crippen LogP contribution in [0.1, 0.15) is 23.5 Å². The van der Waals surface area contributed by atoms with Gasteiger partial charge < -0.3 is 16.0 Å². The van der Waals surface area contributed by atoms with Crippen LogP contribution in [0.25, 0.3) is 0 Å². The zero-order chi connectivity index (χ0) is 22.1. The Morgan fingerprint density at radius 2 is 1.77 bits per heavy atom. The summed E-state index contributed by atoms with van der Waals surface area (Å²) < 4.78 is 0. The van der Waals surface area contributed by atoms with Crippen molar-refractivity contribution in [1.82, 2.24) is 9.97 Å². The van der Waals surface area contributed by atoms with Crippen molar-refractivity contribution in [2.45, 2.75) is 19.3 Å². The van der Waals surface area contributed by atoms with Gasteiger partial charge in [0.1, 0.15) is 5.82 Å². The predicted octanol–water partition coefficient (Wildman–Crippen LogP) is 4.19. The number of H-pyrrole nitrogens is 1. The van der Waals surface area contributed by atoms with Gasteiger partial charge in [0.2, 0.25) is 17.8 Å². The van der Waals surface area contributed by atoms with Crippen molar-refractivity contribution in [2.24, 2.45) is 0 Å². The van der Waals surface area contributed by atoms with Crippen molar-refractivity contribution >= 4 is 58.2 Å². The van der Waals surface area contributed by atoms with Crippen molar-refractivity contribution < 1.29 is 9.59 Å². The fraction of sp³-hybridized carbons (Fsp3) is 0.143. The Labute approximate surface area is 187 Å². The number of nitrogens with zero attached hydrogens (tertiary/aromatic N) is 1. The van der Waals surface area contributed by atoms with Gasteiger partial charge in [-0.1, -0.05) is 40.9 Å². The molecule has 158 valence electrons. The maximum Gasteiger partial charge on any atom is 0.258 e. The first-order chi connectivity index (χ1) is 14.8. The van der Waals surface area contributed by atoms with Gasteiger partial charge in [0.25, 0.3) is 5.56 Å². The largest absolute Gasteiger partial charge is 0.326 e. The highest BCUT2D eigenvalue weighted by molar-refractivity contribution is 6.42. The van der Waals surface area contributed by atoms with E-state index in [4.69, 9.17) is 23.2 Å².